The number of hydrogen-bond donors (Lipinski definition) is 1. The average Bonchev–Trinajstić information content (AvgIpc) is 2.41. The van der Waals surface area contributed by atoms with Gasteiger partial charge in [0, 0.05) is 10.0 Å². The van der Waals surface area contributed by atoms with Gasteiger partial charge in [-0.2, -0.15) is 0 Å². The van der Waals surface area contributed by atoms with Crippen molar-refractivity contribution in [2.75, 3.05) is 0 Å². The molecule has 1 unspecified atom stereocenters. The maximum atomic E-state index is 12.3. The quantitative estimate of drug-likeness (QED) is 0.922. The summed E-state index contributed by atoms with van der Waals surface area (Å²) < 4.78 is 12.3. The third-order valence-corrected chi connectivity index (χ3v) is 4.67. The van der Waals surface area contributed by atoms with Crippen molar-refractivity contribution in [3.63, 3.8) is 0 Å². The van der Waals surface area contributed by atoms with E-state index >= 15 is 0 Å². The van der Waals surface area contributed by atoms with Crippen molar-refractivity contribution < 1.29 is 14.1 Å². The van der Waals surface area contributed by atoms with Crippen LogP contribution in [0.15, 0.2) is 47.4 Å². The van der Waals surface area contributed by atoms with Crippen LogP contribution in [0, 0.1) is 0 Å². The number of benzene rings is 2. The van der Waals surface area contributed by atoms with Gasteiger partial charge in [-0.3, -0.25) is 4.21 Å². The number of halogens is 2. The molecule has 6 heteroatoms. The standard InChI is InChI=1S/C14H10Cl2O3S/c15-10-6-5-9(12(16)7-10)8-20(19)13-4-2-1-3-11(13)14(17)18/h1-7H,8H2,(H,17,18). The molecule has 0 saturated carbocycles. The van der Waals surface area contributed by atoms with Gasteiger partial charge in [-0.25, -0.2) is 4.79 Å². The molecule has 0 aromatic heterocycles. The van der Waals surface area contributed by atoms with Gasteiger partial charge in [0.2, 0.25) is 0 Å². The summed E-state index contributed by atoms with van der Waals surface area (Å²) in [6, 6.07) is 11.1. The lowest BCUT2D eigenvalue weighted by Gasteiger charge is -2.07. The van der Waals surface area contributed by atoms with Crippen LogP contribution >= 0.6 is 23.2 Å². The summed E-state index contributed by atoms with van der Waals surface area (Å²) in [5, 5.41) is 10.0. The Morgan fingerprint density at radius 1 is 1.15 bits per heavy atom. The van der Waals surface area contributed by atoms with Crippen LogP contribution in [0.1, 0.15) is 15.9 Å². The maximum Gasteiger partial charge on any atom is 0.336 e. The highest BCUT2D eigenvalue weighted by Gasteiger charge is 2.16. The Morgan fingerprint density at radius 2 is 1.85 bits per heavy atom. The van der Waals surface area contributed by atoms with Crippen LogP contribution in [0.4, 0.5) is 0 Å². The minimum atomic E-state index is -1.49. The second-order valence-electron chi connectivity index (χ2n) is 4.03. The third-order valence-electron chi connectivity index (χ3n) is 2.66. The summed E-state index contributed by atoms with van der Waals surface area (Å²) >= 11 is 11.8. The molecule has 0 fully saturated rings. The van der Waals surface area contributed by atoms with Crippen LogP contribution in [0.5, 0.6) is 0 Å². The molecule has 0 amide bonds. The van der Waals surface area contributed by atoms with Crippen molar-refractivity contribution in [2.45, 2.75) is 10.6 Å². The normalized spacial score (nSPS) is 12.1. The van der Waals surface area contributed by atoms with E-state index in [0.29, 0.717) is 15.6 Å². The first-order valence-corrected chi connectivity index (χ1v) is 7.71. The van der Waals surface area contributed by atoms with E-state index in [9.17, 15) is 9.00 Å². The van der Waals surface area contributed by atoms with E-state index < -0.39 is 16.8 Å². The monoisotopic (exact) mass is 328 g/mol. The summed E-state index contributed by atoms with van der Waals surface area (Å²) in [5.41, 5.74) is 0.700. The van der Waals surface area contributed by atoms with E-state index in [-0.39, 0.29) is 16.2 Å². The van der Waals surface area contributed by atoms with Crippen LogP contribution in [-0.4, -0.2) is 15.3 Å². The van der Waals surface area contributed by atoms with Crippen molar-refractivity contribution in [3.05, 3.63) is 63.6 Å². The smallest absolute Gasteiger partial charge is 0.336 e. The molecule has 3 nitrogen and oxygen atoms in total. The Labute approximate surface area is 128 Å². The Hall–Kier alpha value is -1.36. The molecule has 1 atom stereocenters. The van der Waals surface area contributed by atoms with E-state index in [1.807, 2.05) is 0 Å². The van der Waals surface area contributed by atoms with Crippen LogP contribution in [0.2, 0.25) is 10.0 Å². The van der Waals surface area contributed by atoms with Crippen molar-refractivity contribution in [3.8, 4) is 0 Å². The van der Waals surface area contributed by atoms with Gasteiger partial charge in [-0.1, -0.05) is 41.4 Å². The van der Waals surface area contributed by atoms with Crippen molar-refractivity contribution in [1.82, 2.24) is 0 Å². The fourth-order valence-electron chi connectivity index (χ4n) is 1.70. The summed E-state index contributed by atoms with van der Waals surface area (Å²) in [7, 11) is -1.49. The zero-order valence-electron chi connectivity index (χ0n) is 10.2. The summed E-state index contributed by atoms with van der Waals surface area (Å²) in [5.74, 6) is -0.962. The topological polar surface area (TPSA) is 54.4 Å². The Morgan fingerprint density at radius 3 is 2.50 bits per heavy atom. The molecule has 0 spiro atoms. The number of hydrogen-bond acceptors (Lipinski definition) is 2. The van der Waals surface area contributed by atoms with Crippen molar-refractivity contribution in [1.29, 1.82) is 0 Å². The van der Waals surface area contributed by atoms with Crippen molar-refractivity contribution >= 4 is 40.0 Å². The van der Waals surface area contributed by atoms with E-state index in [0.717, 1.165) is 0 Å². The molecule has 2 aromatic carbocycles. The molecular formula is C14H10Cl2O3S. The molecule has 104 valence electrons. The Bertz CT molecular complexity index is 686. The number of carbonyl (C=O) groups is 1. The van der Waals surface area contributed by atoms with Gasteiger partial charge in [0.15, 0.2) is 0 Å². The molecule has 0 saturated heterocycles. The van der Waals surface area contributed by atoms with Crippen LogP contribution in [-0.2, 0) is 16.6 Å². The number of carboxylic acids is 1. The predicted molar refractivity (Wildman–Crippen MR) is 80.0 cm³/mol. The maximum absolute atomic E-state index is 12.3. The van der Waals surface area contributed by atoms with Crippen LogP contribution < -0.4 is 0 Å². The summed E-state index contributed by atoms with van der Waals surface area (Å²) in [6.45, 7) is 0. The largest absolute Gasteiger partial charge is 0.478 e. The second kappa shape index (κ2) is 6.39. The molecule has 0 aliphatic rings. The van der Waals surface area contributed by atoms with Gasteiger partial charge < -0.3 is 5.11 Å². The Balaban J connectivity index is 2.31. The molecule has 0 aliphatic carbocycles. The number of rotatable bonds is 4. The minimum absolute atomic E-state index is 0.0379. The van der Waals surface area contributed by atoms with E-state index in [4.69, 9.17) is 28.3 Å². The average molecular weight is 329 g/mol. The fourth-order valence-corrected chi connectivity index (χ4v) is 3.57. The van der Waals surface area contributed by atoms with Gasteiger partial charge >= 0.3 is 5.97 Å². The lowest BCUT2D eigenvalue weighted by molar-refractivity contribution is 0.0693. The highest BCUT2D eigenvalue weighted by molar-refractivity contribution is 7.84. The van der Waals surface area contributed by atoms with Gasteiger partial charge in [-0.15, -0.1) is 0 Å². The molecular weight excluding hydrogens is 319 g/mol. The lowest BCUT2D eigenvalue weighted by atomic mass is 10.2. The van der Waals surface area contributed by atoms with Gasteiger partial charge in [0.05, 0.1) is 27.0 Å². The molecule has 0 bridgehead atoms. The molecule has 1 N–H and O–H groups in total. The zero-order valence-corrected chi connectivity index (χ0v) is 12.5. The lowest BCUT2D eigenvalue weighted by Crippen LogP contribution is -2.06. The SMILES string of the molecule is O=C(O)c1ccccc1S(=O)Cc1ccc(Cl)cc1Cl. The van der Waals surface area contributed by atoms with Crippen LogP contribution in [0.3, 0.4) is 0 Å². The highest BCUT2D eigenvalue weighted by atomic mass is 35.5. The van der Waals surface area contributed by atoms with Gasteiger partial charge in [-0.05, 0) is 29.8 Å². The first kappa shape index (κ1) is 15.0. The number of aromatic carboxylic acids is 1. The fraction of sp³-hybridized carbons (Fsp3) is 0.0714. The third kappa shape index (κ3) is 3.39. The second-order valence-corrected chi connectivity index (χ2v) is 6.29. The first-order valence-electron chi connectivity index (χ1n) is 5.63. The molecule has 20 heavy (non-hydrogen) atoms. The predicted octanol–water partition coefficient (Wildman–Crippen LogP) is 4.00. The van der Waals surface area contributed by atoms with Crippen LogP contribution in [0.25, 0.3) is 0 Å². The van der Waals surface area contributed by atoms with E-state index in [1.54, 1.807) is 36.4 Å². The van der Waals surface area contributed by atoms with E-state index in [1.165, 1.54) is 6.07 Å². The van der Waals surface area contributed by atoms with E-state index in [2.05, 4.69) is 0 Å². The molecule has 0 aliphatic heterocycles. The molecule has 0 heterocycles. The minimum Gasteiger partial charge on any atom is -0.478 e. The highest BCUT2D eigenvalue weighted by Crippen LogP contribution is 2.24. The Kier molecular flexibility index (Phi) is 4.81. The molecule has 2 rings (SSSR count). The van der Waals surface area contributed by atoms with Crippen molar-refractivity contribution in [2.24, 2.45) is 0 Å². The molecule has 0 radical (unpaired) electrons. The van der Waals surface area contributed by atoms with Gasteiger partial charge in [0.1, 0.15) is 0 Å². The first-order chi connectivity index (χ1) is 9.49. The van der Waals surface area contributed by atoms with Gasteiger partial charge in [0.25, 0.3) is 0 Å². The number of carboxylic acid groups (broad SMARTS) is 1. The summed E-state index contributed by atoms with van der Waals surface area (Å²) in [4.78, 5) is 11.4. The summed E-state index contributed by atoms with van der Waals surface area (Å²) in [6.07, 6.45) is 0. The molecule has 2 aromatic rings. The zero-order chi connectivity index (χ0) is 14.7.